The zero-order valence-electron chi connectivity index (χ0n) is 9.58. The van der Waals surface area contributed by atoms with Crippen LogP contribution in [0, 0.1) is 0 Å². The Kier molecular flexibility index (Phi) is 3.53. The summed E-state index contributed by atoms with van der Waals surface area (Å²) < 4.78 is 5.86. The topological polar surface area (TPSA) is 35.2 Å². The van der Waals surface area contributed by atoms with Crippen LogP contribution in [0.5, 0.6) is 0 Å². The molecule has 0 spiro atoms. The molecule has 1 aliphatic heterocycles. The summed E-state index contributed by atoms with van der Waals surface area (Å²) in [5, 5.41) is 0.773. The molecule has 1 aliphatic rings. The van der Waals surface area contributed by atoms with Gasteiger partial charge in [-0.15, -0.1) is 0 Å². The van der Waals surface area contributed by atoms with Gasteiger partial charge in [0.05, 0.1) is 5.60 Å². The molecule has 1 aromatic carbocycles. The quantitative estimate of drug-likeness (QED) is 0.862. The molecule has 2 N–H and O–H groups in total. The van der Waals surface area contributed by atoms with E-state index in [9.17, 15) is 0 Å². The fourth-order valence-corrected chi connectivity index (χ4v) is 2.46. The third kappa shape index (κ3) is 2.97. The van der Waals surface area contributed by atoms with Crippen molar-refractivity contribution in [3.8, 4) is 0 Å². The molecule has 1 saturated heterocycles. The molecule has 1 heterocycles. The summed E-state index contributed by atoms with van der Waals surface area (Å²) in [6.07, 6.45) is 2.80. The van der Waals surface area contributed by atoms with Gasteiger partial charge in [0.2, 0.25) is 0 Å². The van der Waals surface area contributed by atoms with Crippen LogP contribution in [-0.4, -0.2) is 18.2 Å². The summed E-state index contributed by atoms with van der Waals surface area (Å²) in [4.78, 5) is 0. The van der Waals surface area contributed by atoms with Crippen LogP contribution in [0.25, 0.3) is 0 Å². The highest BCUT2D eigenvalue weighted by Crippen LogP contribution is 2.28. The summed E-state index contributed by atoms with van der Waals surface area (Å²) in [7, 11) is 0. The molecule has 3 heteroatoms. The zero-order chi connectivity index (χ0) is 11.6. The molecule has 0 amide bonds. The number of rotatable bonds is 2. The SMILES string of the molecule is CC1(Cc2ccc(Cl)cc2)CC(N)CCO1. The smallest absolute Gasteiger partial charge is 0.0709 e. The average molecular weight is 240 g/mol. The molecule has 1 fully saturated rings. The molecule has 1 aromatic rings. The molecule has 0 radical (unpaired) electrons. The van der Waals surface area contributed by atoms with E-state index in [0.717, 1.165) is 30.9 Å². The van der Waals surface area contributed by atoms with Crippen LogP contribution < -0.4 is 5.73 Å². The maximum Gasteiger partial charge on any atom is 0.0709 e. The minimum atomic E-state index is -0.120. The van der Waals surface area contributed by atoms with E-state index < -0.39 is 0 Å². The van der Waals surface area contributed by atoms with Crippen LogP contribution >= 0.6 is 11.6 Å². The van der Waals surface area contributed by atoms with Crippen molar-refractivity contribution in [2.75, 3.05) is 6.61 Å². The van der Waals surface area contributed by atoms with Crippen molar-refractivity contribution in [2.24, 2.45) is 5.73 Å². The van der Waals surface area contributed by atoms with Gasteiger partial charge in [-0.2, -0.15) is 0 Å². The molecule has 0 saturated carbocycles. The summed E-state index contributed by atoms with van der Waals surface area (Å²) >= 11 is 5.86. The molecule has 2 nitrogen and oxygen atoms in total. The molecular formula is C13H18ClNO. The molecule has 2 atom stereocenters. The van der Waals surface area contributed by atoms with Gasteiger partial charge in [-0.3, -0.25) is 0 Å². The highest BCUT2D eigenvalue weighted by atomic mass is 35.5. The van der Waals surface area contributed by atoms with Crippen LogP contribution in [-0.2, 0) is 11.2 Å². The first-order valence-corrected chi connectivity index (χ1v) is 6.09. The van der Waals surface area contributed by atoms with E-state index in [-0.39, 0.29) is 11.6 Å². The van der Waals surface area contributed by atoms with Crippen molar-refractivity contribution in [1.82, 2.24) is 0 Å². The fraction of sp³-hybridized carbons (Fsp3) is 0.538. The van der Waals surface area contributed by atoms with Crippen molar-refractivity contribution in [1.29, 1.82) is 0 Å². The van der Waals surface area contributed by atoms with Crippen LogP contribution in [0.2, 0.25) is 5.02 Å². The first-order chi connectivity index (χ1) is 7.57. The number of benzene rings is 1. The molecule has 2 rings (SSSR count). The van der Waals surface area contributed by atoms with Crippen molar-refractivity contribution in [2.45, 2.75) is 37.8 Å². The van der Waals surface area contributed by atoms with E-state index in [4.69, 9.17) is 22.1 Å². The Balaban J connectivity index is 2.05. The monoisotopic (exact) mass is 239 g/mol. The molecule has 2 unspecified atom stereocenters. The standard InChI is InChI=1S/C13H18ClNO/c1-13(9-12(15)6-7-16-13)8-10-2-4-11(14)5-3-10/h2-5,12H,6-9,15H2,1H3. The van der Waals surface area contributed by atoms with Crippen LogP contribution in [0.3, 0.4) is 0 Å². The molecular weight excluding hydrogens is 222 g/mol. The molecule has 88 valence electrons. The van der Waals surface area contributed by atoms with Gasteiger partial charge in [-0.25, -0.2) is 0 Å². The number of nitrogens with two attached hydrogens (primary N) is 1. The van der Waals surface area contributed by atoms with Crippen LogP contribution in [0.1, 0.15) is 25.3 Å². The Morgan fingerprint density at radius 3 is 2.75 bits per heavy atom. The zero-order valence-corrected chi connectivity index (χ0v) is 10.3. The van der Waals surface area contributed by atoms with Crippen LogP contribution in [0.4, 0.5) is 0 Å². The summed E-state index contributed by atoms with van der Waals surface area (Å²) in [6, 6.07) is 8.21. The van der Waals surface area contributed by atoms with Crippen molar-refractivity contribution in [3.05, 3.63) is 34.9 Å². The molecule has 0 bridgehead atoms. The predicted octanol–water partition coefficient (Wildman–Crippen LogP) is 2.78. The van der Waals surface area contributed by atoms with E-state index in [1.54, 1.807) is 0 Å². The second-order valence-electron chi connectivity index (χ2n) is 4.85. The Bertz CT molecular complexity index is 351. The Hall–Kier alpha value is -0.570. The Morgan fingerprint density at radius 1 is 1.44 bits per heavy atom. The van der Waals surface area contributed by atoms with E-state index in [1.165, 1.54) is 5.56 Å². The minimum Gasteiger partial charge on any atom is -0.375 e. The maximum atomic E-state index is 5.99. The normalized spacial score (nSPS) is 30.3. The van der Waals surface area contributed by atoms with Gasteiger partial charge in [0, 0.05) is 24.1 Å². The van der Waals surface area contributed by atoms with Gasteiger partial charge >= 0.3 is 0 Å². The second kappa shape index (κ2) is 4.74. The number of hydrogen-bond acceptors (Lipinski definition) is 2. The molecule has 0 aliphatic carbocycles. The van der Waals surface area contributed by atoms with E-state index >= 15 is 0 Å². The number of hydrogen-bond donors (Lipinski definition) is 1. The van der Waals surface area contributed by atoms with Gasteiger partial charge < -0.3 is 10.5 Å². The lowest BCUT2D eigenvalue weighted by Crippen LogP contribution is -2.44. The number of halogens is 1. The van der Waals surface area contributed by atoms with Crippen molar-refractivity contribution in [3.63, 3.8) is 0 Å². The lowest BCUT2D eigenvalue weighted by atomic mass is 9.87. The molecule has 0 aromatic heterocycles. The average Bonchev–Trinajstić information content (AvgIpc) is 2.21. The van der Waals surface area contributed by atoms with Gasteiger partial charge in [-0.1, -0.05) is 23.7 Å². The third-order valence-corrected chi connectivity index (χ3v) is 3.38. The fourth-order valence-electron chi connectivity index (χ4n) is 2.33. The van der Waals surface area contributed by atoms with Crippen molar-refractivity contribution < 1.29 is 4.74 Å². The maximum absolute atomic E-state index is 5.99. The largest absolute Gasteiger partial charge is 0.375 e. The summed E-state index contributed by atoms with van der Waals surface area (Å²) in [5.41, 5.74) is 7.12. The van der Waals surface area contributed by atoms with E-state index in [2.05, 4.69) is 19.1 Å². The van der Waals surface area contributed by atoms with Crippen LogP contribution in [0.15, 0.2) is 24.3 Å². The highest BCUT2D eigenvalue weighted by Gasteiger charge is 2.31. The predicted molar refractivity (Wildman–Crippen MR) is 66.7 cm³/mol. The summed E-state index contributed by atoms with van der Waals surface area (Å²) in [5.74, 6) is 0. The van der Waals surface area contributed by atoms with E-state index in [1.807, 2.05) is 12.1 Å². The first-order valence-electron chi connectivity index (χ1n) is 5.71. The van der Waals surface area contributed by atoms with Gasteiger partial charge in [0.15, 0.2) is 0 Å². The van der Waals surface area contributed by atoms with Gasteiger partial charge in [0.1, 0.15) is 0 Å². The lowest BCUT2D eigenvalue weighted by molar-refractivity contribution is -0.0706. The lowest BCUT2D eigenvalue weighted by Gasteiger charge is -2.37. The Labute approximate surface area is 102 Å². The minimum absolute atomic E-state index is 0.120. The third-order valence-electron chi connectivity index (χ3n) is 3.12. The van der Waals surface area contributed by atoms with Gasteiger partial charge in [-0.05, 0) is 37.5 Å². The highest BCUT2D eigenvalue weighted by molar-refractivity contribution is 6.30. The summed E-state index contributed by atoms with van der Waals surface area (Å²) in [6.45, 7) is 2.91. The first kappa shape index (κ1) is 11.9. The van der Waals surface area contributed by atoms with E-state index in [0.29, 0.717) is 0 Å². The second-order valence-corrected chi connectivity index (χ2v) is 5.29. The Morgan fingerprint density at radius 2 is 2.12 bits per heavy atom. The van der Waals surface area contributed by atoms with Gasteiger partial charge in [0.25, 0.3) is 0 Å². The molecule has 16 heavy (non-hydrogen) atoms. The number of ether oxygens (including phenoxy) is 1. The van der Waals surface area contributed by atoms with Crippen molar-refractivity contribution >= 4 is 11.6 Å².